The van der Waals surface area contributed by atoms with Crippen molar-refractivity contribution in [2.75, 3.05) is 7.11 Å². The number of nitrogens with two attached hydrogens (primary N) is 1. The van der Waals surface area contributed by atoms with Gasteiger partial charge in [-0.2, -0.15) is 0 Å². The molecule has 0 aromatic heterocycles. The van der Waals surface area contributed by atoms with Crippen LogP contribution in [0.5, 0.6) is 0 Å². The zero-order valence-corrected chi connectivity index (χ0v) is 11.3. The number of methoxy groups -OCH3 is 1. The maximum atomic E-state index is 11.3. The molecule has 0 aliphatic rings. The number of benzene rings is 1. The monoisotopic (exact) mass is 257 g/mol. The third kappa shape index (κ3) is 4.75. The molecule has 0 bridgehead atoms. The number of carbonyl (C=O) groups excluding carboxylic acids is 1. The van der Waals surface area contributed by atoms with Crippen LogP contribution in [0.4, 0.5) is 0 Å². The molecular weight excluding hydrogens is 238 g/mol. The first-order valence-corrected chi connectivity index (χ1v) is 5.48. The Bertz CT molecular complexity index is 366. The molecule has 1 aromatic rings. The van der Waals surface area contributed by atoms with E-state index >= 15 is 0 Å². The summed E-state index contributed by atoms with van der Waals surface area (Å²) < 4.78 is 4.67. The second-order valence-electron chi connectivity index (χ2n) is 4.35. The standard InChI is InChI=1S/C13H19NO2.ClH/c1-9(2)7-12(14)10-5-4-6-11(8-10)13(15)16-3;/h4-6,8-9,12H,7,14H2,1-3H3;1H/t12-;/m1./s1. The second kappa shape index (κ2) is 7.30. The van der Waals surface area contributed by atoms with Crippen LogP contribution in [0.15, 0.2) is 24.3 Å². The van der Waals surface area contributed by atoms with Gasteiger partial charge >= 0.3 is 5.97 Å². The number of rotatable bonds is 4. The van der Waals surface area contributed by atoms with Crippen LogP contribution < -0.4 is 5.73 Å². The van der Waals surface area contributed by atoms with Crippen molar-refractivity contribution in [3.8, 4) is 0 Å². The Labute approximate surface area is 109 Å². The summed E-state index contributed by atoms with van der Waals surface area (Å²) in [6.07, 6.45) is 0.907. The Balaban J connectivity index is 0.00000256. The molecule has 0 fully saturated rings. The van der Waals surface area contributed by atoms with Crippen LogP contribution in [-0.2, 0) is 4.74 Å². The summed E-state index contributed by atoms with van der Waals surface area (Å²) >= 11 is 0. The zero-order chi connectivity index (χ0) is 12.1. The van der Waals surface area contributed by atoms with Gasteiger partial charge in [0.2, 0.25) is 0 Å². The van der Waals surface area contributed by atoms with Crippen molar-refractivity contribution in [3.63, 3.8) is 0 Å². The lowest BCUT2D eigenvalue weighted by Gasteiger charge is -2.14. The van der Waals surface area contributed by atoms with Crippen LogP contribution in [0.1, 0.15) is 42.2 Å². The number of carbonyl (C=O) groups is 1. The predicted molar refractivity (Wildman–Crippen MR) is 71.4 cm³/mol. The fourth-order valence-corrected chi connectivity index (χ4v) is 1.66. The number of esters is 1. The average Bonchev–Trinajstić information content (AvgIpc) is 2.27. The van der Waals surface area contributed by atoms with Gasteiger partial charge in [-0.15, -0.1) is 12.4 Å². The predicted octanol–water partition coefficient (Wildman–Crippen LogP) is 2.94. The van der Waals surface area contributed by atoms with Crippen molar-refractivity contribution in [1.82, 2.24) is 0 Å². The molecule has 0 unspecified atom stereocenters. The number of hydrogen-bond donors (Lipinski definition) is 1. The number of hydrogen-bond acceptors (Lipinski definition) is 3. The minimum atomic E-state index is -0.321. The first-order chi connectivity index (χ1) is 7.54. The molecule has 0 radical (unpaired) electrons. The van der Waals surface area contributed by atoms with Crippen LogP contribution in [0, 0.1) is 5.92 Å². The Morgan fingerprint density at radius 1 is 1.41 bits per heavy atom. The number of ether oxygens (including phenoxy) is 1. The van der Waals surface area contributed by atoms with E-state index < -0.39 is 0 Å². The van der Waals surface area contributed by atoms with Crippen molar-refractivity contribution < 1.29 is 9.53 Å². The van der Waals surface area contributed by atoms with Crippen molar-refractivity contribution in [2.24, 2.45) is 11.7 Å². The van der Waals surface area contributed by atoms with Gasteiger partial charge in [-0.05, 0) is 30.0 Å². The Kier molecular flexibility index (Phi) is 6.85. The van der Waals surface area contributed by atoms with Crippen molar-refractivity contribution in [3.05, 3.63) is 35.4 Å². The summed E-state index contributed by atoms with van der Waals surface area (Å²) in [4.78, 5) is 11.3. The SMILES string of the molecule is COC(=O)c1cccc([C@H](N)CC(C)C)c1.Cl. The first kappa shape index (κ1) is 15.9. The smallest absolute Gasteiger partial charge is 0.337 e. The first-order valence-electron chi connectivity index (χ1n) is 5.48. The summed E-state index contributed by atoms with van der Waals surface area (Å²) in [5, 5.41) is 0. The molecule has 96 valence electrons. The Hall–Kier alpha value is -1.06. The van der Waals surface area contributed by atoms with Crippen molar-refractivity contribution in [2.45, 2.75) is 26.3 Å². The van der Waals surface area contributed by atoms with E-state index in [1.165, 1.54) is 7.11 Å². The topological polar surface area (TPSA) is 52.3 Å². The van der Waals surface area contributed by atoms with Gasteiger partial charge in [0.05, 0.1) is 12.7 Å². The molecule has 0 aliphatic heterocycles. The maximum absolute atomic E-state index is 11.3. The molecule has 1 rings (SSSR count). The maximum Gasteiger partial charge on any atom is 0.337 e. The van der Waals surface area contributed by atoms with E-state index in [-0.39, 0.29) is 24.4 Å². The lowest BCUT2D eigenvalue weighted by atomic mass is 9.96. The van der Waals surface area contributed by atoms with Crippen LogP contribution in [0.3, 0.4) is 0 Å². The van der Waals surface area contributed by atoms with E-state index in [2.05, 4.69) is 18.6 Å². The van der Waals surface area contributed by atoms with Crippen LogP contribution >= 0.6 is 12.4 Å². The summed E-state index contributed by atoms with van der Waals surface area (Å²) in [5.41, 5.74) is 7.59. The van der Waals surface area contributed by atoms with E-state index in [0.717, 1.165) is 12.0 Å². The average molecular weight is 258 g/mol. The van der Waals surface area contributed by atoms with E-state index in [1.807, 2.05) is 12.1 Å². The molecule has 3 nitrogen and oxygen atoms in total. The van der Waals surface area contributed by atoms with E-state index in [0.29, 0.717) is 11.5 Å². The van der Waals surface area contributed by atoms with Gasteiger partial charge in [0.15, 0.2) is 0 Å². The Morgan fingerprint density at radius 3 is 2.59 bits per heavy atom. The van der Waals surface area contributed by atoms with Gasteiger partial charge < -0.3 is 10.5 Å². The summed E-state index contributed by atoms with van der Waals surface area (Å²) in [6, 6.07) is 7.29. The van der Waals surface area contributed by atoms with Crippen LogP contribution in [0.2, 0.25) is 0 Å². The molecule has 0 saturated carbocycles. The largest absolute Gasteiger partial charge is 0.465 e. The Morgan fingerprint density at radius 2 is 2.06 bits per heavy atom. The number of halogens is 1. The lowest BCUT2D eigenvalue weighted by molar-refractivity contribution is 0.0600. The fraction of sp³-hybridized carbons (Fsp3) is 0.462. The van der Waals surface area contributed by atoms with Crippen LogP contribution in [-0.4, -0.2) is 13.1 Å². The quantitative estimate of drug-likeness (QED) is 0.844. The van der Waals surface area contributed by atoms with Gasteiger partial charge in [-0.3, -0.25) is 0 Å². The van der Waals surface area contributed by atoms with Gasteiger partial charge in [0.25, 0.3) is 0 Å². The van der Waals surface area contributed by atoms with Gasteiger partial charge in [0, 0.05) is 6.04 Å². The molecule has 4 heteroatoms. The molecule has 0 heterocycles. The van der Waals surface area contributed by atoms with E-state index in [9.17, 15) is 4.79 Å². The highest BCUT2D eigenvalue weighted by Crippen LogP contribution is 2.19. The third-order valence-corrected chi connectivity index (χ3v) is 2.46. The van der Waals surface area contributed by atoms with Gasteiger partial charge in [-0.1, -0.05) is 26.0 Å². The van der Waals surface area contributed by atoms with Crippen molar-refractivity contribution >= 4 is 18.4 Å². The molecule has 1 aromatic carbocycles. The zero-order valence-electron chi connectivity index (χ0n) is 10.5. The molecular formula is C13H20ClNO2. The highest BCUT2D eigenvalue weighted by molar-refractivity contribution is 5.89. The van der Waals surface area contributed by atoms with Gasteiger partial charge in [-0.25, -0.2) is 4.79 Å². The summed E-state index contributed by atoms with van der Waals surface area (Å²) in [6.45, 7) is 4.26. The summed E-state index contributed by atoms with van der Waals surface area (Å²) in [7, 11) is 1.38. The molecule has 2 N–H and O–H groups in total. The lowest BCUT2D eigenvalue weighted by Crippen LogP contribution is -2.13. The molecule has 17 heavy (non-hydrogen) atoms. The molecule has 1 atom stereocenters. The normalized spacial score (nSPS) is 11.8. The van der Waals surface area contributed by atoms with Crippen molar-refractivity contribution in [1.29, 1.82) is 0 Å². The second-order valence-corrected chi connectivity index (χ2v) is 4.35. The molecule has 0 amide bonds. The van der Waals surface area contributed by atoms with E-state index in [1.54, 1.807) is 12.1 Å². The minimum absolute atomic E-state index is 0. The highest BCUT2D eigenvalue weighted by Gasteiger charge is 2.11. The fourth-order valence-electron chi connectivity index (χ4n) is 1.66. The van der Waals surface area contributed by atoms with E-state index in [4.69, 9.17) is 5.73 Å². The molecule has 0 saturated heterocycles. The molecule has 0 aliphatic carbocycles. The minimum Gasteiger partial charge on any atom is -0.465 e. The van der Waals surface area contributed by atoms with Gasteiger partial charge in [0.1, 0.15) is 0 Å². The third-order valence-electron chi connectivity index (χ3n) is 2.46. The highest BCUT2D eigenvalue weighted by atomic mass is 35.5. The summed E-state index contributed by atoms with van der Waals surface area (Å²) in [5.74, 6) is 0.218. The van der Waals surface area contributed by atoms with Crippen LogP contribution in [0.25, 0.3) is 0 Å². The molecule has 0 spiro atoms.